The minimum absolute atomic E-state index is 0.0639. The molecule has 0 bridgehead atoms. The number of para-hydroxylation sites is 1. The lowest BCUT2D eigenvalue weighted by molar-refractivity contribution is -0.118. The molecular formula is C32H31N5OS. The van der Waals surface area contributed by atoms with Crippen molar-refractivity contribution in [3.05, 3.63) is 108 Å². The van der Waals surface area contributed by atoms with E-state index in [1.807, 2.05) is 66.1 Å². The summed E-state index contributed by atoms with van der Waals surface area (Å²) in [4.78, 5) is 12.8. The molecule has 4 aromatic carbocycles. The smallest absolute Gasteiger partial charge is 0.250 e. The predicted octanol–water partition coefficient (Wildman–Crippen LogP) is 7.02. The highest BCUT2D eigenvalue weighted by atomic mass is 32.2. The van der Waals surface area contributed by atoms with Crippen LogP contribution in [0.2, 0.25) is 0 Å². The second kappa shape index (κ2) is 11.3. The van der Waals surface area contributed by atoms with Crippen LogP contribution in [0.5, 0.6) is 0 Å². The summed E-state index contributed by atoms with van der Waals surface area (Å²) >= 11 is 1.33. The first kappa shape index (κ1) is 26.4. The Bertz CT molecular complexity index is 1630. The number of hydrazone groups is 1. The molecule has 39 heavy (non-hydrogen) atoms. The van der Waals surface area contributed by atoms with E-state index in [4.69, 9.17) is 0 Å². The number of carbonyl (C=O) groups is 1. The summed E-state index contributed by atoms with van der Waals surface area (Å²) in [5.74, 6) is 0.674. The molecule has 1 N–H and O–H groups in total. The van der Waals surface area contributed by atoms with Gasteiger partial charge in [-0.25, -0.2) is 5.43 Å². The van der Waals surface area contributed by atoms with Crippen molar-refractivity contribution in [2.45, 2.75) is 38.3 Å². The summed E-state index contributed by atoms with van der Waals surface area (Å²) in [6.07, 6.45) is 0. The largest absolute Gasteiger partial charge is 0.272 e. The molecule has 0 saturated heterocycles. The van der Waals surface area contributed by atoms with Gasteiger partial charge in [0.25, 0.3) is 5.91 Å². The summed E-state index contributed by atoms with van der Waals surface area (Å²) in [5, 5.41) is 16.2. The number of fused-ring (bicyclic) bond motifs is 1. The summed E-state index contributed by atoms with van der Waals surface area (Å²) < 4.78 is 1.99. The van der Waals surface area contributed by atoms with Gasteiger partial charge in [0.05, 0.1) is 11.5 Å². The van der Waals surface area contributed by atoms with Gasteiger partial charge in [-0.05, 0) is 40.8 Å². The van der Waals surface area contributed by atoms with E-state index < -0.39 is 0 Å². The number of nitrogens with zero attached hydrogens (tertiary/aromatic N) is 4. The zero-order chi connectivity index (χ0) is 27.4. The number of amides is 1. The second-order valence-corrected chi connectivity index (χ2v) is 11.3. The van der Waals surface area contributed by atoms with Crippen LogP contribution in [0.1, 0.15) is 38.8 Å². The van der Waals surface area contributed by atoms with Crippen LogP contribution < -0.4 is 5.43 Å². The first-order chi connectivity index (χ1) is 18.8. The SMILES string of the molecule is C/C(=N/NC(=O)CSc1nnc(-c2ccc(C(C)(C)C)cc2)n1-c1ccccc1)c1cccc2ccccc12. The molecule has 0 saturated carbocycles. The van der Waals surface area contributed by atoms with Gasteiger partial charge in [-0.1, -0.05) is 117 Å². The van der Waals surface area contributed by atoms with Gasteiger partial charge in [0.2, 0.25) is 0 Å². The Morgan fingerprint density at radius 3 is 2.31 bits per heavy atom. The number of benzene rings is 4. The number of hydrogen-bond acceptors (Lipinski definition) is 5. The lowest BCUT2D eigenvalue weighted by Crippen LogP contribution is -2.21. The van der Waals surface area contributed by atoms with Gasteiger partial charge in [-0.3, -0.25) is 9.36 Å². The topological polar surface area (TPSA) is 72.2 Å². The number of hydrogen-bond donors (Lipinski definition) is 1. The first-order valence-corrected chi connectivity index (χ1v) is 13.9. The Morgan fingerprint density at radius 1 is 0.872 bits per heavy atom. The van der Waals surface area contributed by atoms with Gasteiger partial charge >= 0.3 is 0 Å². The van der Waals surface area contributed by atoms with Gasteiger partial charge in [-0.2, -0.15) is 5.10 Å². The molecule has 1 heterocycles. The van der Waals surface area contributed by atoms with Crippen LogP contribution in [0.4, 0.5) is 0 Å². The van der Waals surface area contributed by atoms with Gasteiger partial charge < -0.3 is 0 Å². The van der Waals surface area contributed by atoms with Crippen molar-refractivity contribution in [2.24, 2.45) is 5.10 Å². The molecule has 6 nitrogen and oxygen atoms in total. The van der Waals surface area contributed by atoms with Crippen LogP contribution in [-0.4, -0.2) is 32.1 Å². The third-order valence-corrected chi connectivity index (χ3v) is 7.45. The Balaban J connectivity index is 1.35. The fraction of sp³-hybridized carbons (Fsp3) is 0.188. The normalized spacial score (nSPS) is 12.1. The van der Waals surface area contributed by atoms with E-state index in [0.29, 0.717) is 5.16 Å². The fourth-order valence-electron chi connectivity index (χ4n) is 4.39. The number of thioether (sulfide) groups is 1. The summed E-state index contributed by atoms with van der Waals surface area (Å²) in [6.45, 7) is 8.49. The molecule has 0 aliphatic rings. The molecule has 7 heteroatoms. The van der Waals surface area contributed by atoms with Crippen LogP contribution >= 0.6 is 11.8 Å². The maximum absolute atomic E-state index is 12.8. The van der Waals surface area contributed by atoms with Gasteiger partial charge in [0.15, 0.2) is 11.0 Å². The lowest BCUT2D eigenvalue weighted by atomic mass is 9.87. The predicted molar refractivity (Wildman–Crippen MR) is 161 cm³/mol. The maximum Gasteiger partial charge on any atom is 0.250 e. The van der Waals surface area contributed by atoms with E-state index >= 15 is 0 Å². The monoisotopic (exact) mass is 533 g/mol. The van der Waals surface area contributed by atoms with Crippen molar-refractivity contribution in [3.63, 3.8) is 0 Å². The van der Waals surface area contributed by atoms with E-state index in [2.05, 4.69) is 84.0 Å². The molecule has 0 spiro atoms. The first-order valence-electron chi connectivity index (χ1n) is 12.9. The maximum atomic E-state index is 12.8. The molecule has 5 aromatic rings. The molecular weight excluding hydrogens is 502 g/mol. The summed E-state index contributed by atoms with van der Waals surface area (Å²) in [5.41, 5.74) is 7.66. The second-order valence-electron chi connectivity index (χ2n) is 10.4. The standard InChI is InChI=1S/C32H31N5OS/c1-22(27-16-10-12-23-11-8-9-15-28(23)27)33-34-29(38)21-39-31-36-35-30(37(31)26-13-6-5-7-14-26)24-17-19-25(20-18-24)32(2,3)4/h5-20H,21H2,1-4H3,(H,34,38)/b33-22-. The summed E-state index contributed by atoms with van der Waals surface area (Å²) in [6, 6.07) is 32.6. The van der Waals surface area contributed by atoms with Crippen molar-refractivity contribution < 1.29 is 4.79 Å². The molecule has 196 valence electrons. The fourth-order valence-corrected chi connectivity index (χ4v) is 5.13. The van der Waals surface area contributed by atoms with Gasteiger partial charge in [0, 0.05) is 16.8 Å². The minimum atomic E-state index is -0.210. The molecule has 0 aliphatic heterocycles. The van der Waals surface area contributed by atoms with Crippen molar-refractivity contribution in [1.82, 2.24) is 20.2 Å². The van der Waals surface area contributed by atoms with Gasteiger partial charge in [0.1, 0.15) is 0 Å². The van der Waals surface area contributed by atoms with Crippen molar-refractivity contribution >= 4 is 34.2 Å². The van der Waals surface area contributed by atoms with Crippen molar-refractivity contribution in [2.75, 3.05) is 5.75 Å². The van der Waals surface area contributed by atoms with E-state index in [1.165, 1.54) is 17.3 Å². The molecule has 0 unspecified atom stereocenters. The van der Waals surface area contributed by atoms with Crippen LogP contribution in [0.3, 0.4) is 0 Å². The van der Waals surface area contributed by atoms with E-state index in [9.17, 15) is 4.79 Å². The van der Waals surface area contributed by atoms with Gasteiger partial charge in [-0.15, -0.1) is 10.2 Å². The van der Waals surface area contributed by atoms with E-state index in [0.717, 1.165) is 39.1 Å². The quantitative estimate of drug-likeness (QED) is 0.139. The zero-order valence-corrected chi connectivity index (χ0v) is 23.4. The van der Waals surface area contributed by atoms with Crippen LogP contribution in [0.15, 0.2) is 107 Å². The zero-order valence-electron chi connectivity index (χ0n) is 22.6. The highest BCUT2D eigenvalue weighted by molar-refractivity contribution is 7.99. The molecule has 0 radical (unpaired) electrons. The van der Waals surface area contributed by atoms with Crippen molar-refractivity contribution in [1.29, 1.82) is 0 Å². The molecule has 1 aromatic heterocycles. The molecule has 1 amide bonds. The molecule has 0 fully saturated rings. The number of aromatic nitrogens is 3. The Morgan fingerprint density at radius 2 is 1.56 bits per heavy atom. The van der Waals surface area contributed by atoms with E-state index in [-0.39, 0.29) is 17.1 Å². The molecule has 0 atom stereocenters. The lowest BCUT2D eigenvalue weighted by Gasteiger charge is -2.19. The molecule has 5 rings (SSSR count). The number of rotatable bonds is 7. The third kappa shape index (κ3) is 5.94. The Labute approximate surface area is 233 Å². The number of nitrogens with one attached hydrogen (secondary N) is 1. The Hall–Kier alpha value is -4.23. The Kier molecular flexibility index (Phi) is 7.61. The van der Waals surface area contributed by atoms with Crippen LogP contribution in [0.25, 0.3) is 27.8 Å². The van der Waals surface area contributed by atoms with Crippen molar-refractivity contribution in [3.8, 4) is 17.1 Å². The highest BCUT2D eigenvalue weighted by Crippen LogP contribution is 2.30. The number of carbonyl (C=O) groups excluding carboxylic acids is 1. The van der Waals surface area contributed by atoms with Crippen LogP contribution in [0, 0.1) is 0 Å². The van der Waals surface area contributed by atoms with E-state index in [1.54, 1.807) is 0 Å². The van der Waals surface area contributed by atoms with Crippen LogP contribution in [-0.2, 0) is 10.2 Å². The average Bonchev–Trinajstić information content (AvgIpc) is 3.38. The molecule has 0 aliphatic carbocycles. The summed E-state index contributed by atoms with van der Waals surface area (Å²) in [7, 11) is 0. The third-order valence-electron chi connectivity index (χ3n) is 6.52. The average molecular weight is 534 g/mol. The highest BCUT2D eigenvalue weighted by Gasteiger charge is 2.19. The minimum Gasteiger partial charge on any atom is -0.272 e.